The van der Waals surface area contributed by atoms with E-state index in [4.69, 9.17) is 28.3 Å². The van der Waals surface area contributed by atoms with E-state index in [1.807, 2.05) is 20.8 Å². The summed E-state index contributed by atoms with van der Waals surface area (Å²) in [7, 11) is 0. The fourth-order valence-corrected chi connectivity index (χ4v) is 1.91. The molecule has 1 unspecified atom stereocenters. The van der Waals surface area contributed by atoms with Crippen molar-refractivity contribution >= 4 is 29.1 Å². The second-order valence-corrected chi connectivity index (χ2v) is 6.17. The third-order valence-electron chi connectivity index (χ3n) is 2.83. The smallest absolute Gasteiger partial charge is 0.253 e. The summed E-state index contributed by atoms with van der Waals surface area (Å²) in [4.78, 5) is 15.9. The van der Waals surface area contributed by atoms with Gasteiger partial charge < -0.3 is 10.4 Å². The summed E-state index contributed by atoms with van der Waals surface area (Å²) in [5.74, 6) is -0.278. The maximum absolute atomic E-state index is 12.1. The molecule has 1 aromatic heterocycles. The minimum atomic E-state index is -0.278. The molecule has 1 rings (SSSR count). The molecule has 1 amide bonds. The number of aliphatic hydroxyl groups excluding tert-OH is 1. The van der Waals surface area contributed by atoms with Gasteiger partial charge in [-0.1, -0.05) is 44.0 Å². The van der Waals surface area contributed by atoms with Gasteiger partial charge >= 0.3 is 0 Å². The summed E-state index contributed by atoms with van der Waals surface area (Å²) in [6.07, 6.45) is 1.87. The third kappa shape index (κ3) is 4.64. The van der Waals surface area contributed by atoms with Crippen LogP contribution >= 0.6 is 23.2 Å². The number of aliphatic hydroxyl groups is 1. The zero-order valence-electron chi connectivity index (χ0n) is 11.2. The van der Waals surface area contributed by atoms with Crippen LogP contribution in [0.1, 0.15) is 37.6 Å². The molecule has 0 saturated carbocycles. The zero-order chi connectivity index (χ0) is 14.6. The Labute approximate surface area is 123 Å². The van der Waals surface area contributed by atoms with Gasteiger partial charge in [0, 0.05) is 18.8 Å². The van der Waals surface area contributed by atoms with Gasteiger partial charge in [0.15, 0.2) is 0 Å². The SMILES string of the molecule is CC(C)(C)C(CCO)NC(=O)c1cnc(Cl)c(Cl)c1. The lowest BCUT2D eigenvalue weighted by atomic mass is 9.85. The number of nitrogens with one attached hydrogen (secondary N) is 1. The van der Waals surface area contributed by atoms with Gasteiger partial charge in [-0.2, -0.15) is 0 Å². The molecule has 1 aromatic rings. The number of carbonyl (C=O) groups excluding carboxylic acids is 1. The highest BCUT2D eigenvalue weighted by atomic mass is 35.5. The molecule has 0 aromatic carbocycles. The lowest BCUT2D eigenvalue weighted by molar-refractivity contribution is 0.0885. The molecule has 106 valence electrons. The largest absolute Gasteiger partial charge is 0.396 e. The summed E-state index contributed by atoms with van der Waals surface area (Å²) in [5, 5.41) is 12.3. The Kier molecular flexibility index (Phi) is 5.59. The molecule has 0 fully saturated rings. The van der Waals surface area contributed by atoms with Gasteiger partial charge in [0.2, 0.25) is 0 Å². The maximum Gasteiger partial charge on any atom is 0.253 e. The van der Waals surface area contributed by atoms with Gasteiger partial charge in [0.1, 0.15) is 5.15 Å². The molecule has 1 heterocycles. The van der Waals surface area contributed by atoms with Crippen molar-refractivity contribution in [3.8, 4) is 0 Å². The van der Waals surface area contributed by atoms with Crippen molar-refractivity contribution in [3.05, 3.63) is 28.0 Å². The molecular weight excluding hydrogens is 287 g/mol. The van der Waals surface area contributed by atoms with E-state index >= 15 is 0 Å². The Bertz CT molecular complexity index is 458. The van der Waals surface area contributed by atoms with Crippen LogP contribution in [0.4, 0.5) is 0 Å². The van der Waals surface area contributed by atoms with Crippen molar-refractivity contribution < 1.29 is 9.90 Å². The number of hydrogen-bond donors (Lipinski definition) is 2. The van der Waals surface area contributed by atoms with Crippen LogP contribution in [0.5, 0.6) is 0 Å². The van der Waals surface area contributed by atoms with Crippen molar-refractivity contribution in [2.75, 3.05) is 6.61 Å². The lowest BCUT2D eigenvalue weighted by Gasteiger charge is -2.31. The average molecular weight is 305 g/mol. The molecular formula is C13H18Cl2N2O2. The molecule has 1 atom stereocenters. The number of nitrogens with zero attached hydrogens (tertiary/aromatic N) is 1. The minimum absolute atomic E-state index is 0.0157. The number of aromatic nitrogens is 1. The van der Waals surface area contributed by atoms with E-state index < -0.39 is 0 Å². The lowest BCUT2D eigenvalue weighted by Crippen LogP contribution is -2.44. The number of carbonyl (C=O) groups is 1. The summed E-state index contributed by atoms with van der Waals surface area (Å²) in [5.41, 5.74) is 0.198. The Morgan fingerprint density at radius 1 is 1.47 bits per heavy atom. The molecule has 0 saturated heterocycles. The zero-order valence-corrected chi connectivity index (χ0v) is 12.7. The first-order valence-corrected chi connectivity index (χ1v) is 6.74. The fourth-order valence-electron chi connectivity index (χ4n) is 1.64. The third-order valence-corrected chi connectivity index (χ3v) is 3.51. The predicted octanol–water partition coefficient (Wildman–Crippen LogP) is 2.92. The summed E-state index contributed by atoms with van der Waals surface area (Å²) >= 11 is 11.5. The Morgan fingerprint density at radius 3 is 2.58 bits per heavy atom. The number of rotatable bonds is 4. The predicted molar refractivity (Wildman–Crippen MR) is 76.7 cm³/mol. The van der Waals surface area contributed by atoms with Crippen LogP contribution in [0.15, 0.2) is 12.3 Å². The molecule has 2 N–H and O–H groups in total. The molecule has 6 heteroatoms. The molecule has 0 radical (unpaired) electrons. The van der Waals surface area contributed by atoms with E-state index in [2.05, 4.69) is 10.3 Å². The van der Waals surface area contributed by atoms with E-state index in [-0.39, 0.29) is 34.1 Å². The number of halogens is 2. The quantitative estimate of drug-likeness (QED) is 0.841. The van der Waals surface area contributed by atoms with Gasteiger partial charge in [0.25, 0.3) is 5.91 Å². The van der Waals surface area contributed by atoms with Crippen LogP contribution in [-0.2, 0) is 0 Å². The monoisotopic (exact) mass is 304 g/mol. The molecule has 0 spiro atoms. The van der Waals surface area contributed by atoms with Crippen LogP contribution < -0.4 is 5.32 Å². The van der Waals surface area contributed by atoms with Crippen molar-refractivity contribution in [1.82, 2.24) is 10.3 Å². The molecule has 19 heavy (non-hydrogen) atoms. The maximum atomic E-state index is 12.1. The Balaban J connectivity index is 2.84. The van der Waals surface area contributed by atoms with Crippen LogP contribution in [0.2, 0.25) is 10.2 Å². The molecule has 4 nitrogen and oxygen atoms in total. The average Bonchev–Trinajstić information content (AvgIpc) is 2.30. The van der Waals surface area contributed by atoms with E-state index in [0.29, 0.717) is 12.0 Å². The van der Waals surface area contributed by atoms with Crippen molar-refractivity contribution in [3.63, 3.8) is 0 Å². The first-order chi connectivity index (χ1) is 8.75. The van der Waals surface area contributed by atoms with Crippen molar-refractivity contribution in [2.24, 2.45) is 5.41 Å². The van der Waals surface area contributed by atoms with Gasteiger partial charge in [-0.15, -0.1) is 0 Å². The van der Waals surface area contributed by atoms with E-state index in [0.717, 1.165) is 0 Å². The Hall–Kier alpha value is -0.840. The fraction of sp³-hybridized carbons (Fsp3) is 0.538. The normalized spacial score (nSPS) is 13.2. The second-order valence-electron chi connectivity index (χ2n) is 5.40. The van der Waals surface area contributed by atoms with Crippen molar-refractivity contribution in [2.45, 2.75) is 33.2 Å². The topological polar surface area (TPSA) is 62.2 Å². The molecule has 0 aliphatic carbocycles. The summed E-state index contributed by atoms with van der Waals surface area (Å²) < 4.78 is 0. The van der Waals surface area contributed by atoms with Gasteiger partial charge in [-0.3, -0.25) is 4.79 Å². The minimum Gasteiger partial charge on any atom is -0.396 e. The van der Waals surface area contributed by atoms with E-state index in [1.165, 1.54) is 12.3 Å². The highest BCUT2D eigenvalue weighted by Crippen LogP contribution is 2.23. The molecule has 0 aliphatic heterocycles. The van der Waals surface area contributed by atoms with Crippen LogP contribution in [-0.4, -0.2) is 28.6 Å². The summed E-state index contributed by atoms with van der Waals surface area (Å²) in [6, 6.07) is 1.34. The highest BCUT2D eigenvalue weighted by molar-refractivity contribution is 6.41. The second kappa shape index (κ2) is 6.55. The Morgan fingerprint density at radius 2 is 2.11 bits per heavy atom. The van der Waals surface area contributed by atoms with Crippen LogP contribution in [0.3, 0.4) is 0 Å². The van der Waals surface area contributed by atoms with E-state index in [9.17, 15) is 4.79 Å². The van der Waals surface area contributed by atoms with E-state index in [1.54, 1.807) is 0 Å². The summed E-state index contributed by atoms with van der Waals surface area (Å²) in [6.45, 7) is 6.02. The number of hydrogen-bond acceptors (Lipinski definition) is 3. The van der Waals surface area contributed by atoms with Gasteiger partial charge in [-0.05, 0) is 17.9 Å². The van der Waals surface area contributed by atoms with Crippen molar-refractivity contribution in [1.29, 1.82) is 0 Å². The number of amides is 1. The van der Waals surface area contributed by atoms with Gasteiger partial charge in [-0.25, -0.2) is 4.98 Å². The molecule has 0 aliphatic rings. The first-order valence-electron chi connectivity index (χ1n) is 5.98. The standard InChI is InChI=1S/C13H18Cl2N2O2/c1-13(2,3)10(4-5-18)17-12(19)8-6-9(14)11(15)16-7-8/h6-7,10,18H,4-5H2,1-3H3,(H,17,19). The number of pyridine rings is 1. The molecule has 0 bridgehead atoms. The van der Waals surface area contributed by atoms with Crippen LogP contribution in [0, 0.1) is 5.41 Å². The van der Waals surface area contributed by atoms with Gasteiger partial charge in [0.05, 0.1) is 10.6 Å². The first kappa shape index (κ1) is 16.2. The highest BCUT2D eigenvalue weighted by Gasteiger charge is 2.26. The van der Waals surface area contributed by atoms with Crippen LogP contribution in [0.25, 0.3) is 0 Å².